The Kier molecular flexibility index (Phi) is 8.59. The summed E-state index contributed by atoms with van der Waals surface area (Å²) in [6, 6.07) is 10.8. The van der Waals surface area contributed by atoms with Gasteiger partial charge in [0.05, 0.1) is 19.3 Å². The number of carbonyl (C=O) groups excluding carboxylic acids is 1. The number of nitrogens with zero attached hydrogens (tertiary/aromatic N) is 1. The van der Waals surface area contributed by atoms with Gasteiger partial charge in [-0.2, -0.15) is 17.6 Å². The molecule has 0 heterocycles. The van der Waals surface area contributed by atoms with Crippen LogP contribution >= 0.6 is 11.8 Å². The van der Waals surface area contributed by atoms with Crippen LogP contribution in [-0.2, 0) is 11.3 Å². The van der Waals surface area contributed by atoms with E-state index in [9.17, 15) is 22.4 Å². The lowest BCUT2D eigenvalue weighted by Crippen LogP contribution is -2.30. The normalized spacial score (nSPS) is 11.2. The largest absolute Gasteiger partial charge is 0.493 e. The number of hydrogen-bond donors (Lipinski definition) is 1. The van der Waals surface area contributed by atoms with Crippen molar-refractivity contribution >= 4 is 23.4 Å². The lowest BCUT2D eigenvalue weighted by atomic mass is 10.2. The zero-order valence-electron chi connectivity index (χ0n) is 15.7. The molecule has 0 aliphatic heterocycles. The summed E-state index contributed by atoms with van der Waals surface area (Å²) < 4.78 is 59.5. The number of halogens is 4. The molecule has 0 fully saturated rings. The van der Waals surface area contributed by atoms with Crippen LogP contribution in [0, 0.1) is 0 Å². The highest BCUT2D eigenvalue weighted by atomic mass is 32.2. The third-order valence-corrected chi connectivity index (χ3v) is 4.48. The van der Waals surface area contributed by atoms with E-state index in [1.54, 1.807) is 42.3 Å². The minimum Gasteiger partial charge on any atom is -0.493 e. The van der Waals surface area contributed by atoms with Crippen molar-refractivity contribution in [3.05, 3.63) is 48.0 Å². The Morgan fingerprint density at radius 2 is 1.86 bits per heavy atom. The number of nitrogens with one attached hydrogen (secondary N) is 1. The molecule has 0 bridgehead atoms. The number of benzene rings is 2. The number of carbonyl (C=O) groups is 1. The predicted octanol–water partition coefficient (Wildman–Crippen LogP) is 4.68. The number of para-hydroxylation sites is 1. The maximum Gasteiger partial charge on any atom is 0.387 e. The Balaban J connectivity index is 1.97. The number of alkyl halides is 4. The molecule has 2 rings (SSSR count). The van der Waals surface area contributed by atoms with Crippen molar-refractivity contribution in [2.45, 2.75) is 23.8 Å². The first-order valence-electron chi connectivity index (χ1n) is 8.42. The second kappa shape index (κ2) is 10.9. The van der Waals surface area contributed by atoms with Crippen LogP contribution in [0.1, 0.15) is 5.56 Å². The van der Waals surface area contributed by atoms with Gasteiger partial charge in [-0.1, -0.05) is 30.0 Å². The molecule has 0 aromatic heterocycles. The fourth-order valence-electron chi connectivity index (χ4n) is 2.57. The Bertz CT molecular complexity index is 824. The molecule has 0 saturated carbocycles. The molecule has 0 atom stereocenters. The van der Waals surface area contributed by atoms with Crippen LogP contribution in [0.5, 0.6) is 11.5 Å². The fraction of sp³-hybridized carbons (Fsp3) is 0.316. The zero-order valence-corrected chi connectivity index (χ0v) is 16.5. The van der Waals surface area contributed by atoms with E-state index < -0.39 is 12.4 Å². The average Bonchev–Trinajstić information content (AvgIpc) is 2.63. The van der Waals surface area contributed by atoms with Gasteiger partial charge in [0, 0.05) is 11.4 Å². The quantitative estimate of drug-likeness (QED) is 0.436. The van der Waals surface area contributed by atoms with Gasteiger partial charge in [0.1, 0.15) is 0 Å². The third kappa shape index (κ3) is 7.47. The SMILES string of the molecule is COc1cc(CN(C)CC(=O)Nc2ccccc2SC(F)F)ccc1OC(F)F. The number of methoxy groups -OCH3 is 1. The van der Waals surface area contributed by atoms with Crippen LogP contribution in [-0.4, -0.2) is 43.9 Å². The van der Waals surface area contributed by atoms with E-state index >= 15 is 0 Å². The number of thioether (sulfide) groups is 1. The highest BCUT2D eigenvalue weighted by Gasteiger charge is 2.15. The summed E-state index contributed by atoms with van der Waals surface area (Å²) in [5, 5.41) is 2.62. The topological polar surface area (TPSA) is 50.8 Å². The van der Waals surface area contributed by atoms with Crippen molar-refractivity contribution in [2.75, 3.05) is 26.0 Å². The number of ether oxygens (including phenoxy) is 2. The Morgan fingerprint density at radius 1 is 1.14 bits per heavy atom. The van der Waals surface area contributed by atoms with E-state index in [0.29, 0.717) is 29.6 Å². The van der Waals surface area contributed by atoms with Gasteiger partial charge in [-0.05, 0) is 36.9 Å². The molecule has 158 valence electrons. The van der Waals surface area contributed by atoms with Gasteiger partial charge in [-0.15, -0.1) is 0 Å². The molecular formula is C19H20F4N2O3S. The standard InChI is InChI=1S/C19H20F4N2O3S/c1-25(10-12-7-8-14(28-18(20)21)15(9-12)27-2)11-17(26)24-13-5-3-4-6-16(13)29-19(22)23/h3-9,18-19H,10-11H2,1-2H3,(H,24,26). The van der Waals surface area contributed by atoms with Crippen LogP contribution in [0.3, 0.4) is 0 Å². The first-order valence-corrected chi connectivity index (χ1v) is 9.30. The van der Waals surface area contributed by atoms with Crippen LogP contribution in [0.2, 0.25) is 0 Å². The summed E-state index contributed by atoms with van der Waals surface area (Å²) in [6.07, 6.45) is 0. The second-order valence-corrected chi connectivity index (χ2v) is 6.99. The molecule has 0 aliphatic rings. The number of anilines is 1. The molecule has 0 unspecified atom stereocenters. The summed E-state index contributed by atoms with van der Waals surface area (Å²) >= 11 is 0.357. The van der Waals surface area contributed by atoms with Gasteiger partial charge in [0.25, 0.3) is 5.76 Å². The van der Waals surface area contributed by atoms with Crippen LogP contribution < -0.4 is 14.8 Å². The van der Waals surface area contributed by atoms with E-state index in [2.05, 4.69) is 10.1 Å². The fourth-order valence-corrected chi connectivity index (χ4v) is 3.17. The lowest BCUT2D eigenvalue weighted by molar-refractivity contribution is -0.117. The van der Waals surface area contributed by atoms with Crippen molar-refractivity contribution in [2.24, 2.45) is 0 Å². The molecule has 1 amide bonds. The van der Waals surface area contributed by atoms with Crippen molar-refractivity contribution in [1.82, 2.24) is 4.90 Å². The summed E-state index contributed by atoms with van der Waals surface area (Å²) in [5.41, 5.74) is 1.03. The van der Waals surface area contributed by atoms with Gasteiger partial charge in [0.15, 0.2) is 11.5 Å². The van der Waals surface area contributed by atoms with Crippen molar-refractivity contribution < 1.29 is 31.8 Å². The van der Waals surface area contributed by atoms with E-state index in [1.165, 1.54) is 19.2 Å². The maximum absolute atomic E-state index is 12.6. The second-order valence-electron chi connectivity index (χ2n) is 5.96. The maximum atomic E-state index is 12.6. The van der Waals surface area contributed by atoms with E-state index in [1.807, 2.05) is 0 Å². The van der Waals surface area contributed by atoms with Crippen molar-refractivity contribution in [1.29, 1.82) is 0 Å². The lowest BCUT2D eigenvalue weighted by Gasteiger charge is -2.18. The molecule has 0 aliphatic carbocycles. The molecule has 29 heavy (non-hydrogen) atoms. The highest BCUT2D eigenvalue weighted by molar-refractivity contribution is 7.99. The highest BCUT2D eigenvalue weighted by Crippen LogP contribution is 2.32. The molecule has 2 aromatic rings. The average molecular weight is 432 g/mol. The summed E-state index contributed by atoms with van der Waals surface area (Å²) in [5.74, 6) is -2.90. The van der Waals surface area contributed by atoms with Crippen molar-refractivity contribution in [3.63, 3.8) is 0 Å². The molecule has 5 nitrogen and oxygen atoms in total. The summed E-state index contributed by atoms with van der Waals surface area (Å²) in [7, 11) is 3.03. The predicted molar refractivity (Wildman–Crippen MR) is 103 cm³/mol. The number of amides is 1. The third-order valence-electron chi connectivity index (χ3n) is 3.69. The van der Waals surface area contributed by atoms with E-state index in [0.717, 1.165) is 0 Å². The van der Waals surface area contributed by atoms with Gasteiger partial charge >= 0.3 is 6.61 Å². The van der Waals surface area contributed by atoms with Crippen molar-refractivity contribution in [3.8, 4) is 11.5 Å². The summed E-state index contributed by atoms with van der Waals surface area (Å²) in [4.78, 5) is 14.2. The minimum atomic E-state index is -2.97. The number of hydrogen-bond acceptors (Lipinski definition) is 5. The molecule has 10 heteroatoms. The van der Waals surface area contributed by atoms with Gasteiger partial charge < -0.3 is 14.8 Å². The monoisotopic (exact) mass is 432 g/mol. The molecule has 1 N–H and O–H groups in total. The van der Waals surface area contributed by atoms with Gasteiger partial charge in [-0.25, -0.2) is 0 Å². The van der Waals surface area contributed by atoms with Gasteiger partial charge in [-0.3, -0.25) is 9.69 Å². The molecule has 2 aromatic carbocycles. The first kappa shape index (κ1) is 22.8. The van der Waals surface area contributed by atoms with Crippen LogP contribution in [0.4, 0.5) is 23.2 Å². The summed E-state index contributed by atoms with van der Waals surface area (Å²) in [6.45, 7) is -2.65. The number of rotatable bonds is 10. The van der Waals surface area contributed by atoms with Crippen LogP contribution in [0.25, 0.3) is 0 Å². The van der Waals surface area contributed by atoms with Crippen LogP contribution in [0.15, 0.2) is 47.4 Å². The van der Waals surface area contributed by atoms with Gasteiger partial charge in [0.2, 0.25) is 5.91 Å². The minimum absolute atomic E-state index is 0.00865. The first-order chi connectivity index (χ1) is 13.8. The van der Waals surface area contributed by atoms with E-state index in [4.69, 9.17) is 4.74 Å². The molecule has 0 saturated heterocycles. The zero-order chi connectivity index (χ0) is 21.4. The Hall–Kier alpha value is -2.46. The smallest absolute Gasteiger partial charge is 0.387 e. The van der Waals surface area contributed by atoms with E-state index in [-0.39, 0.29) is 28.8 Å². The Labute approximate surface area is 170 Å². The molecule has 0 radical (unpaired) electrons. The molecule has 0 spiro atoms. The molecular weight excluding hydrogens is 412 g/mol. The number of likely N-dealkylation sites (N-methyl/N-ethyl adjacent to an activating group) is 1. The Morgan fingerprint density at radius 3 is 2.52 bits per heavy atom.